The Morgan fingerprint density at radius 3 is 0.985 bits per heavy atom. The number of ether oxygens (including phenoxy) is 2. The molecule has 4 N–H and O–H groups in total. The second-order valence-electron chi connectivity index (χ2n) is 20.1. The van der Waals surface area contributed by atoms with Crippen molar-refractivity contribution in [3.63, 3.8) is 0 Å². The van der Waals surface area contributed by atoms with E-state index in [1.165, 1.54) is 250 Å². The molecule has 0 fully saturated rings. The summed E-state index contributed by atoms with van der Waals surface area (Å²) < 4.78 is 33.6. The predicted molar refractivity (Wildman–Crippen MR) is 282 cm³/mol. The highest BCUT2D eigenvalue weighted by atomic mass is 31.2. The molecule has 67 heavy (non-hydrogen) atoms. The fourth-order valence-corrected chi connectivity index (χ4v) is 9.68. The maximum absolute atomic E-state index is 12.7. The monoisotopic (exact) mass is 974 g/mol. The summed E-state index contributed by atoms with van der Waals surface area (Å²) in [5.74, 6) is -1.76. The number of carboxylic acid groups (broad SMARTS) is 1. The van der Waals surface area contributed by atoms with Crippen LogP contribution in [-0.4, -0.2) is 60.5 Å². The van der Waals surface area contributed by atoms with Crippen LogP contribution >= 0.6 is 7.82 Å². The molecule has 0 heterocycles. The molecule has 0 aromatic rings. The van der Waals surface area contributed by atoms with Crippen molar-refractivity contribution >= 4 is 19.8 Å². The van der Waals surface area contributed by atoms with Gasteiger partial charge >= 0.3 is 19.8 Å². The van der Waals surface area contributed by atoms with E-state index in [4.69, 9.17) is 29.4 Å². The van der Waals surface area contributed by atoms with Crippen LogP contribution in [0, 0.1) is 0 Å². The third kappa shape index (κ3) is 52.6. The van der Waals surface area contributed by atoms with Crippen LogP contribution < -0.4 is 5.73 Å². The van der Waals surface area contributed by atoms with Crippen LogP contribution in [-0.2, 0) is 32.7 Å². The van der Waals surface area contributed by atoms with Crippen molar-refractivity contribution in [2.45, 2.75) is 321 Å². The van der Waals surface area contributed by atoms with Crippen LogP contribution in [0.25, 0.3) is 0 Å². The quantitative estimate of drug-likeness (QED) is 0.0305. The zero-order chi connectivity index (χ0) is 49.0. The van der Waals surface area contributed by atoms with Gasteiger partial charge in [0.25, 0.3) is 0 Å². The lowest BCUT2D eigenvalue weighted by molar-refractivity contribution is -0.154. The van der Waals surface area contributed by atoms with Gasteiger partial charge in [-0.2, -0.15) is 0 Å². The Bertz CT molecular complexity index is 1080. The van der Waals surface area contributed by atoms with Crippen LogP contribution in [0.15, 0.2) is 0 Å². The molecule has 400 valence electrons. The Balaban J connectivity index is 3.97. The van der Waals surface area contributed by atoms with Gasteiger partial charge in [0.15, 0.2) is 0 Å². The molecule has 3 atom stereocenters. The molecule has 0 aliphatic heterocycles. The molecule has 0 aliphatic rings. The first-order valence-corrected chi connectivity index (χ1v) is 30.6. The number of nitrogens with two attached hydrogens (primary N) is 1. The summed E-state index contributed by atoms with van der Waals surface area (Å²) in [5, 5.41) is 8.95. The Morgan fingerprint density at radius 2 is 0.687 bits per heavy atom. The highest BCUT2D eigenvalue weighted by Crippen LogP contribution is 2.43. The van der Waals surface area contributed by atoms with E-state index < -0.39 is 45.1 Å². The third-order valence-electron chi connectivity index (χ3n) is 13.4. The second kappa shape index (κ2) is 52.8. The number of unbranched alkanes of at least 4 members (excludes halogenated alkanes) is 43. The number of esters is 1. The molecule has 0 aliphatic carbocycles. The Labute approximate surface area is 414 Å². The zero-order valence-electron chi connectivity index (χ0n) is 44.3. The normalized spacial score (nSPS) is 13.5. The van der Waals surface area contributed by atoms with E-state index in [2.05, 4.69) is 13.8 Å². The summed E-state index contributed by atoms with van der Waals surface area (Å²) in [7, 11) is -4.62. The van der Waals surface area contributed by atoms with Crippen molar-refractivity contribution in [3.8, 4) is 0 Å². The SMILES string of the molecule is CCCCCCCCCCCCCCCCCCCCCCCCCCCCCC(=O)O[C@H](COCCCCCCCCCCCCCCCCCCCC)COP(=O)(O)OC[C@H](N)C(=O)O. The number of hydrogen-bond acceptors (Lipinski definition) is 8. The van der Waals surface area contributed by atoms with Crippen LogP contribution in [0.3, 0.4) is 0 Å². The van der Waals surface area contributed by atoms with Gasteiger partial charge in [-0.1, -0.05) is 290 Å². The molecule has 0 radical (unpaired) electrons. The third-order valence-corrected chi connectivity index (χ3v) is 14.3. The predicted octanol–water partition coefficient (Wildman–Crippen LogP) is 17.4. The Hall–Kier alpha value is -1.03. The maximum atomic E-state index is 12.7. The summed E-state index contributed by atoms with van der Waals surface area (Å²) in [6, 6.07) is -1.47. The van der Waals surface area contributed by atoms with Gasteiger partial charge in [0.2, 0.25) is 0 Å². The summed E-state index contributed by atoms with van der Waals surface area (Å²) in [4.78, 5) is 33.8. The van der Waals surface area contributed by atoms with E-state index in [1.54, 1.807) is 0 Å². The van der Waals surface area contributed by atoms with Gasteiger partial charge in [-0.05, 0) is 12.8 Å². The summed E-state index contributed by atoms with van der Waals surface area (Å²) in [6.07, 6.45) is 58.9. The number of aliphatic carboxylic acids is 1. The van der Waals surface area contributed by atoms with Crippen molar-refractivity contribution in [1.82, 2.24) is 0 Å². The first kappa shape index (κ1) is 66.0. The first-order valence-electron chi connectivity index (χ1n) is 29.1. The van der Waals surface area contributed by atoms with Gasteiger partial charge in [0, 0.05) is 13.0 Å². The van der Waals surface area contributed by atoms with E-state index in [9.17, 15) is 19.0 Å². The van der Waals surface area contributed by atoms with Crippen LogP contribution in [0.4, 0.5) is 0 Å². The van der Waals surface area contributed by atoms with Gasteiger partial charge in [-0.15, -0.1) is 0 Å². The molecule has 0 saturated carbocycles. The summed E-state index contributed by atoms with van der Waals surface area (Å²) in [6.45, 7) is 3.98. The first-order chi connectivity index (χ1) is 32.7. The minimum atomic E-state index is -4.62. The van der Waals surface area contributed by atoms with Crippen molar-refractivity contribution in [3.05, 3.63) is 0 Å². The molecule has 0 saturated heterocycles. The smallest absolute Gasteiger partial charge is 0.472 e. The topological polar surface area (TPSA) is 155 Å². The number of rotatable bonds is 57. The molecule has 11 heteroatoms. The van der Waals surface area contributed by atoms with Gasteiger partial charge in [0.1, 0.15) is 12.1 Å². The van der Waals surface area contributed by atoms with Crippen LogP contribution in [0.2, 0.25) is 0 Å². The fraction of sp³-hybridized carbons (Fsp3) is 0.964. The van der Waals surface area contributed by atoms with Crippen LogP contribution in [0.5, 0.6) is 0 Å². The molecule has 0 aromatic heterocycles. The standard InChI is InChI=1S/C56H112NO9P/c1-3-5-7-9-11-13-15-17-19-21-23-24-25-26-27-28-29-30-31-32-34-36-38-40-42-44-46-48-55(58)66-53(51-64-67(61,62)65-52-54(57)56(59)60)50-63-49-47-45-43-41-39-37-35-33-22-20-18-16-14-12-10-8-6-4-2/h53-54H,3-52,57H2,1-2H3,(H,59,60)(H,61,62)/t53-,54+/m1/s1. The number of phosphoric ester groups is 1. The number of carboxylic acids is 1. The lowest BCUT2D eigenvalue weighted by Crippen LogP contribution is -2.34. The van der Waals surface area contributed by atoms with Crippen molar-refractivity contribution < 1.29 is 42.7 Å². The molecule has 0 aromatic carbocycles. The fourth-order valence-electron chi connectivity index (χ4n) is 8.90. The van der Waals surface area contributed by atoms with Crippen LogP contribution in [0.1, 0.15) is 309 Å². The van der Waals surface area contributed by atoms with Gasteiger partial charge < -0.3 is 25.2 Å². The zero-order valence-corrected chi connectivity index (χ0v) is 45.2. The minimum Gasteiger partial charge on any atom is -0.480 e. The second-order valence-corrected chi connectivity index (χ2v) is 21.6. The maximum Gasteiger partial charge on any atom is 0.472 e. The van der Waals surface area contributed by atoms with E-state index in [-0.39, 0.29) is 13.0 Å². The number of carbonyl (C=O) groups is 2. The molecule has 0 spiro atoms. The van der Waals surface area contributed by atoms with Gasteiger partial charge in [0.05, 0.1) is 19.8 Å². The Kier molecular flexibility index (Phi) is 52.0. The molecular formula is C56H112NO9P. The summed E-state index contributed by atoms with van der Waals surface area (Å²) >= 11 is 0. The molecule has 1 unspecified atom stereocenters. The van der Waals surface area contributed by atoms with E-state index in [0.29, 0.717) is 6.61 Å². The lowest BCUT2D eigenvalue weighted by atomic mass is 10.0. The average molecular weight is 974 g/mol. The molecule has 0 bridgehead atoms. The molecule has 0 amide bonds. The summed E-state index contributed by atoms with van der Waals surface area (Å²) in [5.41, 5.74) is 5.39. The van der Waals surface area contributed by atoms with E-state index in [1.807, 2.05) is 0 Å². The Morgan fingerprint density at radius 1 is 0.418 bits per heavy atom. The number of phosphoric acid groups is 1. The average Bonchev–Trinajstić information content (AvgIpc) is 3.31. The minimum absolute atomic E-state index is 0.0267. The molecule has 0 rings (SSSR count). The van der Waals surface area contributed by atoms with E-state index in [0.717, 1.165) is 38.5 Å². The number of hydrogen-bond donors (Lipinski definition) is 3. The largest absolute Gasteiger partial charge is 0.480 e. The highest BCUT2D eigenvalue weighted by Gasteiger charge is 2.27. The van der Waals surface area contributed by atoms with Crippen molar-refractivity contribution in [1.29, 1.82) is 0 Å². The molecule has 10 nitrogen and oxygen atoms in total. The van der Waals surface area contributed by atoms with E-state index >= 15 is 0 Å². The highest BCUT2D eigenvalue weighted by molar-refractivity contribution is 7.47. The van der Waals surface area contributed by atoms with Crippen molar-refractivity contribution in [2.24, 2.45) is 5.73 Å². The van der Waals surface area contributed by atoms with Gasteiger partial charge in [-0.25, -0.2) is 4.57 Å². The lowest BCUT2D eigenvalue weighted by Gasteiger charge is -2.20. The van der Waals surface area contributed by atoms with Crippen molar-refractivity contribution in [2.75, 3.05) is 26.4 Å². The number of carbonyl (C=O) groups excluding carboxylic acids is 1. The molecular weight excluding hydrogens is 862 g/mol. The van der Waals surface area contributed by atoms with Gasteiger partial charge in [-0.3, -0.25) is 18.6 Å².